The highest BCUT2D eigenvalue weighted by Gasteiger charge is 2.31. The number of hydrogen-bond donors (Lipinski definition) is 1. The number of nitrogens with one attached hydrogen (secondary N) is 1. The van der Waals surface area contributed by atoms with Gasteiger partial charge < -0.3 is 10.2 Å². The molecular formula is C17H28ClN3OS. The van der Waals surface area contributed by atoms with Crippen LogP contribution < -0.4 is 5.32 Å². The van der Waals surface area contributed by atoms with Gasteiger partial charge in [-0.15, -0.1) is 23.7 Å². The summed E-state index contributed by atoms with van der Waals surface area (Å²) >= 11 is 1.79. The Balaban J connectivity index is 0.00000192. The average molecular weight is 358 g/mol. The maximum Gasteiger partial charge on any atom is 0.239 e. The number of amides is 1. The van der Waals surface area contributed by atoms with E-state index >= 15 is 0 Å². The second-order valence-corrected chi connectivity index (χ2v) is 8.46. The van der Waals surface area contributed by atoms with Gasteiger partial charge in [-0.25, -0.2) is 4.98 Å². The van der Waals surface area contributed by atoms with Crippen molar-refractivity contribution in [1.82, 2.24) is 15.2 Å². The zero-order valence-corrected chi connectivity index (χ0v) is 15.9. The molecule has 1 aromatic heterocycles. The van der Waals surface area contributed by atoms with Crippen molar-refractivity contribution in [2.75, 3.05) is 19.6 Å². The van der Waals surface area contributed by atoms with Gasteiger partial charge in [-0.05, 0) is 32.2 Å². The van der Waals surface area contributed by atoms with Crippen LogP contribution in [0.15, 0.2) is 5.38 Å². The number of carbonyl (C=O) groups excluding carboxylic acids is 1. The summed E-state index contributed by atoms with van der Waals surface area (Å²) in [7, 11) is 0. The number of aromatic nitrogens is 1. The van der Waals surface area contributed by atoms with Crippen LogP contribution in [0.2, 0.25) is 0 Å². The molecule has 2 saturated heterocycles. The minimum atomic E-state index is 0. The fraction of sp³-hybridized carbons (Fsp3) is 0.765. The summed E-state index contributed by atoms with van der Waals surface area (Å²) in [5, 5.41) is 6.78. The van der Waals surface area contributed by atoms with Crippen LogP contribution in [0.1, 0.15) is 63.1 Å². The maximum atomic E-state index is 12.4. The summed E-state index contributed by atoms with van der Waals surface area (Å²) in [6.07, 6.45) is 4.23. The van der Waals surface area contributed by atoms with E-state index in [0.717, 1.165) is 45.3 Å². The topological polar surface area (TPSA) is 45.2 Å². The summed E-state index contributed by atoms with van der Waals surface area (Å²) in [6, 6.07) is 0.0731. The molecule has 0 radical (unpaired) electrons. The van der Waals surface area contributed by atoms with Crippen molar-refractivity contribution in [2.24, 2.45) is 0 Å². The number of hydrogen-bond acceptors (Lipinski definition) is 4. The van der Waals surface area contributed by atoms with E-state index < -0.39 is 0 Å². The van der Waals surface area contributed by atoms with Crippen LogP contribution in [0.25, 0.3) is 0 Å². The van der Waals surface area contributed by atoms with E-state index in [1.165, 1.54) is 10.7 Å². The van der Waals surface area contributed by atoms with Crippen molar-refractivity contribution < 1.29 is 4.79 Å². The lowest BCUT2D eigenvalue weighted by atomic mass is 9.93. The molecule has 3 rings (SSSR count). The molecule has 1 N–H and O–H groups in total. The van der Waals surface area contributed by atoms with E-state index in [9.17, 15) is 4.79 Å². The molecule has 1 amide bonds. The van der Waals surface area contributed by atoms with Gasteiger partial charge in [-0.1, -0.05) is 20.8 Å². The van der Waals surface area contributed by atoms with Gasteiger partial charge in [-0.2, -0.15) is 0 Å². The van der Waals surface area contributed by atoms with Gasteiger partial charge in [0.2, 0.25) is 5.91 Å². The predicted octanol–water partition coefficient (Wildman–Crippen LogP) is 3.32. The van der Waals surface area contributed by atoms with Crippen molar-refractivity contribution in [1.29, 1.82) is 0 Å². The van der Waals surface area contributed by atoms with Gasteiger partial charge >= 0.3 is 0 Å². The molecule has 0 bridgehead atoms. The average Bonchev–Trinajstić information content (AvgIpc) is 3.17. The molecule has 1 aromatic rings. The van der Waals surface area contributed by atoms with Crippen molar-refractivity contribution in [3.63, 3.8) is 0 Å². The first kappa shape index (κ1) is 18.7. The first-order valence-electron chi connectivity index (χ1n) is 8.43. The molecule has 1 unspecified atom stereocenters. The summed E-state index contributed by atoms with van der Waals surface area (Å²) in [6.45, 7) is 9.38. The number of thiazole rings is 1. The fourth-order valence-electron chi connectivity index (χ4n) is 3.28. The first-order valence-corrected chi connectivity index (χ1v) is 9.31. The highest BCUT2D eigenvalue weighted by molar-refractivity contribution is 7.09. The van der Waals surface area contributed by atoms with Crippen molar-refractivity contribution in [2.45, 2.75) is 63.8 Å². The third-order valence-electron chi connectivity index (χ3n) is 4.80. The van der Waals surface area contributed by atoms with Gasteiger partial charge in [0, 0.05) is 29.8 Å². The molecule has 0 aromatic carbocycles. The van der Waals surface area contributed by atoms with E-state index in [0.29, 0.717) is 11.8 Å². The van der Waals surface area contributed by atoms with Gasteiger partial charge in [0.1, 0.15) is 0 Å². The zero-order valence-electron chi connectivity index (χ0n) is 14.3. The van der Waals surface area contributed by atoms with Gasteiger partial charge in [0.25, 0.3) is 0 Å². The van der Waals surface area contributed by atoms with Crippen LogP contribution in [0.4, 0.5) is 0 Å². The Morgan fingerprint density at radius 2 is 2.00 bits per heavy atom. The minimum absolute atomic E-state index is 0. The van der Waals surface area contributed by atoms with Gasteiger partial charge in [0.15, 0.2) is 0 Å². The van der Waals surface area contributed by atoms with Crippen LogP contribution in [-0.2, 0) is 10.2 Å². The molecule has 0 spiro atoms. The lowest BCUT2D eigenvalue weighted by molar-refractivity contribution is -0.134. The molecule has 130 valence electrons. The Hall–Kier alpha value is -0.650. The van der Waals surface area contributed by atoms with E-state index in [4.69, 9.17) is 4.98 Å². The first-order chi connectivity index (χ1) is 10.4. The second-order valence-electron chi connectivity index (χ2n) is 7.57. The third-order valence-corrected chi connectivity index (χ3v) is 5.81. The van der Waals surface area contributed by atoms with Crippen LogP contribution in [0.5, 0.6) is 0 Å². The number of nitrogens with zero attached hydrogens (tertiary/aromatic N) is 2. The van der Waals surface area contributed by atoms with Gasteiger partial charge in [-0.3, -0.25) is 4.79 Å². The molecule has 4 nitrogen and oxygen atoms in total. The molecule has 2 fully saturated rings. The Bertz CT molecular complexity index is 526. The molecular weight excluding hydrogens is 330 g/mol. The third kappa shape index (κ3) is 4.25. The molecule has 23 heavy (non-hydrogen) atoms. The Labute approximate surface area is 149 Å². The number of rotatable bonds is 2. The molecule has 3 heterocycles. The largest absolute Gasteiger partial charge is 0.341 e. The highest BCUT2D eigenvalue weighted by Crippen LogP contribution is 2.33. The zero-order chi connectivity index (χ0) is 15.7. The molecule has 0 aliphatic carbocycles. The molecule has 2 aliphatic heterocycles. The summed E-state index contributed by atoms with van der Waals surface area (Å²) < 4.78 is 0. The van der Waals surface area contributed by atoms with Gasteiger partial charge in [0.05, 0.1) is 16.7 Å². The predicted molar refractivity (Wildman–Crippen MR) is 97.6 cm³/mol. The smallest absolute Gasteiger partial charge is 0.239 e. The summed E-state index contributed by atoms with van der Waals surface area (Å²) in [5.74, 6) is 0.840. The lowest BCUT2D eigenvalue weighted by Gasteiger charge is -2.32. The summed E-state index contributed by atoms with van der Waals surface area (Å²) in [4.78, 5) is 19.3. The minimum Gasteiger partial charge on any atom is -0.341 e. The van der Waals surface area contributed by atoms with Crippen molar-refractivity contribution in [3.8, 4) is 0 Å². The Morgan fingerprint density at radius 3 is 2.52 bits per heavy atom. The Morgan fingerprint density at radius 1 is 1.30 bits per heavy atom. The molecule has 0 saturated carbocycles. The summed E-state index contributed by atoms with van der Waals surface area (Å²) in [5.41, 5.74) is 1.32. The second kappa shape index (κ2) is 7.49. The van der Waals surface area contributed by atoms with E-state index in [2.05, 4.69) is 36.4 Å². The number of halogens is 1. The van der Waals surface area contributed by atoms with Crippen LogP contribution in [0, 0.1) is 0 Å². The maximum absolute atomic E-state index is 12.4. The van der Waals surface area contributed by atoms with E-state index in [1.54, 1.807) is 11.3 Å². The van der Waals surface area contributed by atoms with Crippen LogP contribution >= 0.6 is 23.7 Å². The van der Waals surface area contributed by atoms with Crippen LogP contribution in [-0.4, -0.2) is 41.5 Å². The standard InChI is InChI=1S/C17H27N3OS.ClH/c1-17(2,3)14-11-22-15(19-14)12-6-9-20(10-7-12)16(21)13-5-4-8-18-13;/h11-13,18H,4-10H2,1-3H3;1H. The number of likely N-dealkylation sites (tertiary alicyclic amines) is 1. The monoisotopic (exact) mass is 357 g/mol. The van der Waals surface area contributed by atoms with E-state index in [-0.39, 0.29) is 23.9 Å². The molecule has 6 heteroatoms. The van der Waals surface area contributed by atoms with Crippen LogP contribution in [0.3, 0.4) is 0 Å². The van der Waals surface area contributed by atoms with E-state index in [1.807, 2.05) is 0 Å². The number of piperidine rings is 1. The Kier molecular flexibility index (Phi) is 6.09. The van der Waals surface area contributed by atoms with Crippen molar-refractivity contribution in [3.05, 3.63) is 16.1 Å². The fourth-order valence-corrected chi connectivity index (χ4v) is 4.50. The lowest BCUT2D eigenvalue weighted by Crippen LogP contribution is -2.46. The molecule has 2 aliphatic rings. The quantitative estimate of drug-likeness (QED) is 0.883. The highest BCUT2D eigenvalue weighted by atomic mass is 35.5. The number of carbonyl (C=O) groups is 1. The normalized spacial score (nSPS) is 22.9. The van der Waals surface area contributed by atoms with Crippen molar-refractivity contribution >= 4 is 29.7 Å². The SMILES string of the molecule is CC(C)(C)c1csc(C2CCN(C(=O)C3CCCN3)CC2)n1.Cl. The molecule has 1 atom stereocenters.